The van der Waals surface area contributed by atoms with Gasteiger partial charge in [-0.25, -0.2) is 9.98 Å². The zero-order valence-corrected chi connectivity index (χ0v) is 26.5. The smallest absolute Gasteiger partial charge is 0.131 e. The molecule has 7 rings (SSSR count). The van der Waals surface area contributed by atoms with E-state index >= 15 is 0 Å². The van der Waals surface area contributed by atoms with Gasteiger partial charge in [-0.2, -0.15) is 0 Å². The first-order chi connectivity index (χ1) is 21.0. The largest absolute Gasteiger partial charge is 0.378 e. The molecule has 1 saturated carbocycles. The first kappa shape index (κ1) is 29.0. The number of aryl methyl sites for hydroxylation is 1. The van der Waals surface area contributed by atoms with Crippen molar-refractivity contribution in [2.45, 2.75) is 103 Å². The molecule has 3 aliphatic heterocycles. The number of allylic oxidation sites excluding steroid dienone is 6. The summed E-state index contributed by atoms with van der Waals surface area (Å²) in [6, 6.07) is 6.28. The number of benzene rings is 1. The molecule has 1 aromatic heterocycles. The van der Waals surface area contributed by atoms with Crippen LogP contribution in [0.15, 0.2) is 68.4 Å². The number of amidine groups is 1. The number of aromatic amines is 1. The second-order valence-electron chi connectivity index (χ2n) is 13.5. The number of nitrogens with zero attached hydrogens (tertiary/aromatic N) is 3. The molecule has 43 heavy (non-hydrogen) atoms. The van der Waals surface area contributed by atoms with Crippen LogP contribution in [0, 0.1) is 17.8 Å². The van der Waals surface area contributed by atoms with Crippen molar-refractivity contribution >= 4 is 40.3 Å². The Hall–Kier alpha value is -2.76. The number of ether oxygens (including phenoxy) is 1. The van der Waals surface area contributed by atoms with Crippen molar-refractivity contribution in [1.82, 2.24) is 4.98 Å². The van der Waals surface area contributed by atoms with Crippen LogP contribution in [0.2, 0.25) is 5.02 Å². The van der Waals surface area contributed by atoms with E-state index in [1.165, 1.54) is 58.4 Å². The van der Waals surface area contributed by atoms with Crippen molar-refractivity contribution in [3.8, 4) is 0 Å². The number of aliphatic imine (C=N–C) groups is 3. The Kier molecular flexibility index (Phi) is 8.55. The standard InChI is InChI=1S/C37H45ClN4O/c1-23-6-5-7-24(2)41-37(40-23)26-12-15-31(36-32(16-13-26)33-20-29(38)14-17-35(33)42-36)28-8-3-4-9-34(39-21-28)27-11-10-25-18-30(19-27)43-22-25/h6,8-9,14,17,20-21,25-27,30-31,42H,3-5,7,10-13,15-16,18-19,22H2,1-2H3/b23-6-,28-8+,34-9+,39-21-,40-37-,41-24+. The van der Waals surface area contributed by atoms with Gasteiger partial charge >= 0.3 is 0 Å². The van der Waals surface area contributed by atoms with E-state index in [1.807, 2.05) is 6.07 Å². The maximum absolute atomic E-state index is 6.55. The first-order valence-corrected chi connectivity index (χ1v) is 17.0. The van der Waals surface area contributed by atoms with E-state index in [-0.39, 0.29) is 5.92 Å². The Morgan fingerprint density at radius 1 is 0.884 bits per heavy atom. The summed E-state index contributed by atoms with van der Waals surface area (Å²) in [7, 11) is 0. The van der Waals surface area contributed by atoms with Gasteiger partial charge in [-0.05, 0) is 126 Å². The maximum Gasteiger partial charge on any atom is 0.131 e. The van der Waals surface area contributed by atoms with Gasteiger partial charge in [-0.3, -0.25) is 4.99 Å². The second-order valence-corrected chi connectivity index (χ2v) is 13.9. The van der Waals surface area contributed by atoms with Crippen LogP contribution >= 0.6 is 11.6 Å². The monoisotopic (exact) mass is 596 g/mol. The van der Waals surface area contributed by atoms with E-state index in [0.29, 0.717) is 17.9 Å². The van der Waals surface area contributed by atoms with Gasteiger partial charge in [-0.15, -0.1) is 0 Å². The fourth-order valence-electron chi connectivity index (χ4n) is 8.08. The third-order valence-corrected chi connectivity index (χ3v) is 10.7. The second kappa shape index (κ2) is 12.7. The molecule has 6 heteroatoms. The highest BCUT2D eigenvalue weighted by molar-refractivity contribution is 6.31. The number of fused-ring (bicyclic) bond motifs is 5. The van der Waals surface area contributed by atoms with Crippen LogP contribution in [0.3, 0.4) is 0 Å². The van der Waals surface area contributed by atoms with E-state index in [0.717, 1.165) is 86.9 Å². The number of aromatic nitrogens is 1. The van der Waals surface area contributed by atoms with E-state index < -0.39 is 0 Å². The Morgan fingerprint density at radius 3 is 2.70 bits per heavy atom. The molecule has 5 unspecified atom stereocenters. The predicted octanol–water partition coefficient (Wildman–Crippen LogP) is 9.68. The molecule has 2 fully saturated rings. The molecule has 1 N–H and O–H groups in total. The third kappa shape index (κ3) is 6.40. The van der Waals surface area contributed by atoms with E-state index in [9.17, 15) is 0 Å². The van der Waals surface area contributed by atoms with Gasteiger partial charge in [0.25, 0.3) is 0 Å². The summed E-state index contributed by atoms with van der Waals surface area (Å²) < 4.78 is 6.11. The van der Waals surface area contributed by atoms with Crippen LogP contribution in [-0.2, 0) is 11.2 Å². The number of nitrogens with one attached hydrogen (secondary N) is 1. The summed E-state index contributed by atoms with van der Waals surface area (Å²) in [4.78, 5) is 19.3. The fourth-order valence-corrected chi connectivity index (χ4v) is 8.25. The van der Waals surface area contributed by atoms with Crippen molar-refractivity contribution in [2.24, 2.45) is 32.7 Å². The molecule has 0 radical (unpaired) electrons. The molecule has 5 nitrogen and oxygen atoms in total. The molecule has 2 bridgehead atoms. The van der Waals surface area contributed by atoms with E-state index in [4.69, 9.17) is 31.3 Å². The lowest BCUT2D eigenvalue weighted by Crippen LogP contribution is -2.21. The molecule has 0 amide bonds. The van der Waals surface area contributed by atoms with Gasteiger partial charge in [0.15, 0.2) is 0 Å². The molecule has 1 aromatic carbocycles. The van der Waals surface area contributed by atoms with Gasteiger partial charge in [0.1, 0.15) is 5.84 Å². The summed E-state index contributed by atoms with van der Waals surface area (Å²) in [5.41, 5.74) is 8.82. The Morgan fingerprint density at radius 2 is 1.77 bits per heavy atom. The highest BCUT2D eigenvalue weighted by atomic mass is 35.5. The highest BCUT2D eigenvalue weighted by Crippen LogP contribution is 2.42. The quantitative estimate of drug-likeness (QED) is 0.376. The molecule has 5 aliphatic rings. The van der Waals surface area contributed by atoms with Gasteiger partial charge in [0.2, 0.25) is 0 Å². The van der Waals surface area contributed by atoms with Gasteiger partial charge in [0, 0.05) is 69.3 Å². The SMILES string of the molecule is CC1=C/CC/C(C)=N/C(C2CCc3c([nH]c4ccc(Cl)cc34)C(C3=C/CC/C=C(C4CCC5COC(C5)C4)/N=C\3)CC2)=N\1. The summed E-state index contributed by atoms with van der Waals surface area (Å²) in [5.74, 6) is 2.83. The minimum absolute atomic E-state index is 0.247. The van der Waals surface area contributed by atoms with Crippen LogP contribution in [0.4, 0.5) is 0 Å². The molecule has 1 saturated heterocycles. The minimum atomic E-state index is 0.247. The lowest BCUT2D eigenvalue weighted by atomic mass is 9.80. The summed E-state index contributed by atoms with van der Waals surface area (Å²) >= 11 is 6.55. The fraction of sp³-hybridized carbons (Fsp3) is 0.541. The minimum Gasteiger partial charge on any atom is -0.378 e. The average Bonchev–Trinajstić information content (AvgIpc) is 3.47. The summed E-state index contributed by atoms with van der Waals surface area (Å²) in [6.45, 7) is 5.23. The van der Waals surface area contributed by atoms with Gasteiger partial charge in [0.05, 0.1) is 6.10 Å². The summed E-state index contributed by atoms with van der Waals surface area (Å²) in [5, 5.41) is 2.04. The highest BCUT2D eigenvalue weighted by Gasteiger charge is 2.34. The van der Waals surface area contributed by atoms with Crippen molar-refractivity contribution in [1.29, 1.82) is 0 Å². The normalized spacial score (nSPS) is 37.0. The molecule has 4 heterocycles. The van der Waals surface area contributed by atoms with Crippen LogP contribution < -0.4 is 0 Å². The Balaban J connectivity index is 1.23. The zero-order valence-electron chi connectivity index (χ0n) is 25.7. The number of H-pyrrole nitrogens is 1. The molecule has 0 spiro atoms. The molecule has 226 valence electrons. The molecular weight excluding hydrogens is 552 g/mol. The molecular formula is C37H45ClN4O. The topological polar surface area (TPSA) is 62.1 Å². The van der Waals surface area contributed by atoms with Crippen LogP contribution in [-0.4, -0.2) is 35.5 Å². The molecule has 2 aliphatic carbocycles. The number of rotatable bonds is 3. The molecule has 2 aromatic rings. The van der Waals surface area contributed by atoms with Gasteiger partial charge in [-0.1, -0.05) is 29.8 Å². The Bertz CT molecular complexity index is 1560. The van der Waals surface area contributed by atoms with Crippen molar-refractivity contribution in [2.75, 3.05) is 6.61 Å². The number of hydrogen-bond acceptors (Lipinski definition) is 4. The van der Waals surface area contributed by atoms with Gasteiger partial charge < -0.3 is 9.72 Å². The Labute approximate surface area is 261 Å². The van der Waals surface area contributed by atoms with Crippen LogP contribution in [0.25, 0.3) is 10.9 Å². The first-order valence-electron chi connectivity index (χ1n) is 16.7. The average molecular weight is 597 g/mol. The lowest BCUT2D eigenvalue weighted by molar-refractivity contribution is 0.0811. The van der Waals surface area contributed by atoms with Crippen LogP contribution in [0.5, 0.6) is 0 Å². The number of hydrogen-bond donors (Lipinski definition) is 1. The van der Waals surface area contributed by atoms with E-state index in [2.05, 4.69) is 55.4 Å². The third-order valence-electron chi connectivity index (χ3n) is 10.4. The van der Waals surface area contributed by atoms with Crippen LogP contribution in [0.1, 0.15) is 102 Å². The van der Waals surface area contributed by atoms with Crippen molar-refractivity contribution < 1.29 is 4.74 Å². The maximum atomic E-state index is 6.55. The zero-order chi connectivity index (χ0) is 29.3. The van der Waals surface area contributed by atoms with E-state index in [1.54, 1.807) is 0 Å². The van der Waals surface area contributed by atoms with Crippen molar-refractivity contribution in [3.05, 3.63) is 69.7 Å². The predicted molar refractivity (Wildman–Crippen MR) is 180 cm³/mol. The van der Waals surface area contributed by atoms with Crippen molar-refractivity contribution in [3.63, 3.8) is 0 Å². The molecule has 5 atom stereocenters. The summed E-state index contributed by atoms with van der Waals surface area (Å²) in [6.07, 6.45) is 22.8. The lowest BCUT2D eigenvalue weighted by Gasteiger charge is -2.27. The number of halogens is 1.